The Bertz CT molecular complexity index is 1410. The van der Waals surface area contributed by atoms with Crippen LogP contribution in [0.1, 0.15) is 43.0 Å². The van der Waals surface area contributed by atoms with Crippen molar-refractivity contribution in [3.05, 3.63) is 107 Å². The third kappa shape index (κ3) is 3.54. The summed E-state index contributed by atoms with van der Waals surface area (Å²) in [4.78, 5) is 6.96. The number of benzene rings is 4. The van der Waals surface area contributed by atoms with Gasteiger partial charge in [-0.1, -0.05) is 86.6 Å². The van der Waals surface area contributed by atoms with E-state index in [0.29, 0.717) is 0 Å². The molecule has 4 aromatic rings. The van der Waals surface area contributed by atoms with Crippen LogP contribution in [0.4, 0.5) is 0 Å². The first-order chi connectivity index (χ1) is 15.9. The van der Waals surface area contributed by atoms with Crippen molar-refractivity contribution in [2.45, 2.75) is 26.2 Å². The zero-order valence-corrected chi connectivity index (χ0v) is 19.7. The molecular formula is C30H29N3. The molecule has 3 nitrogen and oxygen atoms in total. The van der Waals surface area contributed by atoms with Crippen molar-refractivity contribution in [3.8, 4) is 11.1 Å². The van der Waals surface area contributed by atoms with E-state index in [-0.39, 0.29) is 11.3 Å². The van der Waals surface area contributed by atoms with Gasteiger partial charge in [0.1, 0.15) is 5.84 Å². The van der Waals surface area contributed by atoms with E-state index in [9.17, 15) is 0 Å². The average molecular weight is 432 g/mol. The van der Waals surface area contributed by atoms with Gasteiger partial charge in [-0.15, -0.1) is 0 Å². The summed E-state index contributed by atoms with van der Waals surface area (Å²) in [6, 6.07) is 29.6. The predicted octanol–water partition coefficient (Wildman–Crippen LogP) is 6.87. The molecule has 3 heteroatoms. The average Bonchev–Trinajstić information content (AvgIpc) is 3.08. The number of amidine groups is 2. The van der Waals surface area contributed by atoms with Crippen molar-refractivity contribution in [2.75, 3.05) is 13.6 Å². The number of aliphatic imine (C=N–C) groups is 1. The van der Waals surface area contributed by atoms with Crippen LogP contribution in [0.15, 0.2) is 89.9 Å². The van der Waals surface area contributed by atoms with Crippen molar-refractivity contribution in [3.63, 3.8) is 0 Å². The van der Waals surface area contributed by atoms with Gasteiger partial charge in [0.25, 0.3) is 0 Å². The van der Waals surface area contributed by atoms with Crippen LogP contribution in [0.25, 0.3) is 21.9 Å². The first kappa shape index (κ1) is 21.1. The maximum absolute atomic E-state index is 8.78. The smallest absolute Gasteiger partial charge is 0.154 e. The fourth-order valence-electron chi connectivity index (χ4n) is 4.87. The molecule has 0 bridgehead atoms. The summed E-state index contributed by atoms with van der Waals surface area (Å²) in [6.45, 7) is 7.50. The molecule has 0 amide bonds. The Kier molecular flexibility index (Phi) is 5.13. The van der Waals surface area contributed by atoms with Crippen LogP contribution < -0.4 is 0 Å². The van der Waals surface area contributed by atoms with Gasteiger partial charge in [-0.25, -0.2) is 4.99 Å². The highest BCUT2D eigenvalue weighted by molar-refractivity contribution is 6.11. The summed E-state index contributed by atoms with van der Waals surface area (Å²) < 4.78 is 0. The summed E-state index contributed by atoms with van der Waals surface area (Å²) in [7, 11) is 2.04. The normalized spacial score (nSPS) is 14.1. The van der Waals surface area contributed by atoms with E-state index >= 15 is 0 Å². The second kappa shape index (κ2) is 8.00. The summed E-state index contributed by atoms with van der Waals surface area (Å²) in [6.07, 6.45) is 0. The fraction of sp³-hybridized carbons (Fsp3) is 0.200. The van der Waals surface area contributed by atoms with Gasteiger partial charge < -0.3 is 4.90 Å². The Balaban J connectivity index is 1.58. The molecule has 5 rings (SSSR count). The number of nitrogens with zero attached hydrogens (tertiary/aromatic N) is 2. The molecule has 1 aliphatic carbocycles. The molecule has 0 aliphatic heterocycles. The fourth-order valence-corrected chi connectivity index (χ4v) is 4.87. The number of nitrogens with one attached hydrogen (secondary N) is 1. The Morgan fingerprint density at radius 2 is 1.45 bits per heavy atom. The highest BCUT2D eigenvalue weighted by Crippen LogP contribution is 2.48. The third-order valence-electron chi connectivity index (χ3n) is 6.92. The van der Waals surface area contributed by atoms with Gasteiger partial charge in [0, 0.05) is 30.1 Å². The van der Waals surface area contributed by atoms with E-state index < -0.39 is 0 Å². The first-order valence-corrected chi connectivity index (χ1v) is 11.5. The second-order valence-corrected chi connectivity index (χ2v) is 9.29. The Hall–Kier alpha value is -3.72. The van der Waals surface area contributed by atoms with Crippen LogP contribution in [0.2, 0.25) is 0 Å². The van der Waals surface area contributed by atoms with Gasteiger partial charge in [0.2, 0.25) is 0 Å². The molecule has 4 aromatic carbocycles. The Labute approximate surface area is 195 Å². The molecule has 164 valence electrons. The maximum atomic E-state index is 8.78. The maximum Gasteiger partial charge on any atom is 0.154 e. The Morgan fingerprint density at radius 3 is 2.24 bits per heavy atom. The number of rotatable bonds is 3. The highest BCUT2D eigenvalue weighted by Gasteiger charge is 2.35. The van der Waals surface area contributed by atoms with Crippen LogP contribution >= 0.6 is 0 Å². The minimum absolute atomic E-state index is 0.0658. The van der Waals surface area contributed by atoms with Gasteiger partial charge >= 0.3 is 0 Å². The first-order valence-electron chi connectivity index (χ1n) is 11.5. The molecule has 0 radical (unpaired) electrons. The SMILES string of the molecule is CCN(C)/C(=N\C(=N)c1ccc2ccccc2c1)c1ccc2c(c1)C(C)(C)c1ccccc1-2. The van der Waals surface area contributed by atoms with Crippen molar-refractivity contribution in [1.82, 2.24) is 4.90 Å². The lowest BCUT2D eigenvalue weighted by molar-refractivity contribution is 0.537. The van der Waals surface area contributed by atoms with E-state index in [1.807, 2.05) is 31.3 Å². The molecule has 0 saturated heterocycles. The molecule has 0 fully saturated rings. The van der Waals surface area contributed by atoms with Crippen molar-refractivity contribution in [1.29, 1.82) is 5.41 Å². The second-order valence-electron chi connectivity index (χ2n) is 9.29. The van der Waals surface area contributed by atoms with Gasteiger partial charge in [0.05, 0.1) is 0 Å². The van der Waals surface area contributed by atoms with E-state index in [2.05, 4.69) is 86.3 Å². The lowest BCUT2D eigenvalue weighted by atomic mass is 9.82. The molecule has 0 atom stereocenters. The quantitative estimate of drug-likeness (QED) is 0.279. The molecule has 0 saturated carbocycles. The van der Waals surface area contributed by atoms with Crippen LogP contribution in [0.5, 0.6) is 0 Å². The summed E-state index contributed by atoms with van der Waals surface area (Å²) in [5.74, 6) is 1.10. The third-order valence-corrected chi connectivity index (χ3v) is 6.92. The monoisotopic (exact) mass is 431 g/mol. The van der Waals surface area contributed by atoms with Gasteiger partial charge in [0.15, 0.2) is 5.84 Å². The van der Waals surface area contributed by atoms with Gasteiger partial charge in [-0.3, -0.25) is 5.41 Å². The lowest BCUT2D eigenvalue weighted by Crippen LogP contribution is -2.29. The zero-order chi connectivity index (χ0) is 23.2. The molecule has 0 spiro atoms. The Morgan fingerprint density at radius 1 is 0.788 bits per heavy atom. The highest BCUT2D eigenvalue weighted by atomic mass is 15.2. The van der Waals surface area contributed by atoms with E-state index in [0.717, 1.165) is 28.9 Å². The number of hydrogen-bond donors (Lipinski definition) is 1. The summed E-state index contributed by atoms with van der Waals surface area (Å²) >= 11 is 0. The van der Waals surface area contributed by atoms with E-state index in [1.54, 1.807) is 0 Å². The molecule has 1 N–H and O–H groups in total. The molecule has 0 unspecified atom stereocenters. The van der Waals surface area contributed by atoms with Crippen LogP contribution in [0.3, 0.4) is 0 Å². The minimum Gasteiger partial charge on any atom is -0.359 e. The standard InChI is InChI=1S/C30H29N3/c1-5-33(4)29(32-28(31)22-15-14-20-10-6-7-11-21(20)18-22)23-16-17-25-24-12-8-9-13-26(24)30(2,3)27(25)19-23/h6-19,31H,5H2,1-4H3/b31-28?,32-29-. The molecule has 0 aromatic heterocycles. The van der Waals surface area contributed by atoms with E-state index in [1.165, 1.54) is 27.6 Å². The van der Waals surface area contributed by atoms with Crippen molar-refractivity contribution < 1.29 is 0 Å². The predicted molar refractivity (Wildman–Crippen MR) is 140 cm³/mol. The zero-order valence-electron chi connectivity index (χ0n) is 19.7. The summed E-state index contributed by atoms with van der Waals surface area (Å²) in [5, 5.41) is 11.1. The van der Waals surface area contributed by atoms with Crippen LogP contribution in [-0.2, 0) is 5.41 Å². The summed E-state index contributed by atoms with van der Waals surface area (Å²) in [5.41, 5.74) is 7.09. The van der Waals surface area contributed by atoms with Crippen LogP contribution in [-0.4, -0.2) is 30.2 Å². The van der Waals surface area contributed by atoms with Crippen molar-refractivity contribution in [2.24, 2.45) is 4.99 Å². The largest absolute Gasteiger partial charge is 0.359 e. The lowest BCUT2D eigenvalue weighted by Gasteiger charge is -2.24. The molecular weight excluding hydrogens is 402 g/mol. The number of hydrogen-bond acceptors (Lipinski definition) is 1. The minimum atomic E-state index is -0.0658. The van der Waals surface area contributed by atoms with Gasteiger partial charge in [-0.05, 0) is 52.1 Å². The number of fused-ring (bicyclic) bond motifs is 4. The molecule has 1 aliphatic rings. The van der Waals surface area contributed by atoms with Gasteiger partial charge in [-0.2, -0.15) is 0 Å². The molecule has 0 heterocycles. The van der Waals surface area contributed by atoms with Crippen LogP contribution in [0, 0.1) is 5.41 Å². The van der Waals surface area contributed by atoms with E-state index in [4.69, 9.17) is 10.4 Å². The topological polar surface area (TPSA) is 39.5 Å². The van der Waals surface area contributed by atoms with Crippen molar-refractivity contribution >= 4 is 22.4 Å². The molecule has 33 heavy (non-hydrogen) atoms.